The van der Waals surface area contributed by atoms with E-state index in [-0.39, 0.29) is 0 Å². The van der Waals surface area contributed by atoms with Gasteiger partial charge < -0.3 is 0 Å². The van der Waals surface area contributed by atoms with Crippen LogP contribution in [-0.4, -0.2) is 22.5 Å². The van der Waals surface area contributed by atoms with Crippen LogP contribution in [0.2, 0.25) is 0 Å². The first kappa shape index (κ1) is 8.90. The Balaban J connectivity index is 3.06. The summed E-state index contributed by atoms with van der Waals surface area (Å²) in [5.41, 5.74) is -0.553. The summed E-state index contributed by atoms with van der Waals surface area (Å²) in [6, 6.07) is 5.39. The molecule has 0 saturated carbocycles. The van der Waals surface area contributed by atoms with E-state index in [1.807, 2.05) is 0 Å². The van der Waals surface area contributed by atoms with Gasteiger partial charge in [0.15, 0.2) is 0 Å². The molecule has 2 radical (unpaired) electrons. The summed E-state index contributed by atoms with van der Waals surface area (Å²) in [6.07, 6.45) is -4.20. The van der Waals surface area contributed by atoms with Gasteiger partial charge in [-0.15, -0.1) is 0 Å². The van der Waals surface area contributed by atoms with Crippen LogP contribution in [0.1, 0.15) is 5.56 Å². The van der Waals surface area contributed by atoms with Crippen LogP contribution in [0.4, 0.5) is 13.2 Å². The molecule has 1 rings (SSSR count). The van der Waals surface area contributed by atoms with Crippen LogP contribution in [0.15, 0.2) is 24.3 Å². The topological polar surface area (TPSA) is 0 Å². The predicted molar refractivity (Wildman–Crippen MR) is 38.2 cm³/mol. The van der Waals surface area contributed by atoms with Gasteiger partial charge in [0.05, 0.1) is 0 Å². The van der Waals surface area contributed by atoms with Crippen LogP contribution in [-0.2, 0) is 6.18 Å². The zero-order valence-corrected chi connectivity index (χ0v) is 8.82. The van der Waals surface area contributed by atoms with Crippen molar-refractivity contribution >= 4 is 26.1 Å². The molecule has 0 aromatic heterocycles. The average Bonchev–Trinajstić information content (AvgIpc) is 1.86. The Kier molecular flexibility index (Phi) is 2.46. The summed E-state index contributed by atoms with van der Waals surface area (Å²) in [4.78, 5) is 0. The predicted octanol–water partition coefficient (Wildman–Crippen LogP) is 1.23. The first-order valence-electron chi connectivity index (χ1n) is 2.93. The van der Waals surface area contributed by atoms with Crippen molar-refractivity contribution in [2.45, 2.75) is 6.18 Å². The normalized spacial score (nSPS) is 11.6. The van der Waals surface area contributed by atoms with Gasteiger partial charge in [0.25, 0.3) is 0 Å². The maximum absolute atomic E-state index is 12.0. The van der Waals surface area contributed by atoms with Crippen LogP contribution in [0, 0.1) is 0 Å². The van der Waals surface area contributed by atoms with Crippen molar-refractivity contribution < 1.29 is 13.2 Å². The molecule has 0 spiro atoms. The minimum atomic E-state index is -4.20. The molecular formula is C7H5F3Sn. The molecule has 0 atom stereocenters. The van der Waals surface area contributed by atoms with E-state index in [2.05, 4.69) is 0 Å². The first-order chi connectivity index (χ1) is 5.00. The quantitative estimate of drug-likeness (QED) is 0.619. The van der Waals surface area contributed by atoms with Gasteiger partial charge in [0, 0.05) is 0 Å². The van der Waals surface area contributed by atoms with Crippen molar-refractivity contribution in [1.29, 1.82) is 0 Å². The Morgan fingerprint density at radius 3 is 2.18 bits per heavy atom. The summed E-state index contributed by atoms with van der Waals surface area (Å²) >= 11 is 0.719. The Morgan fingerprint density at radius 1 is 1.18 bits per heavy atom. The number of hydrogen-bond acceptors (Lipinski definition) is 0. The average molecular weight is 265 g/mol. The van der Waals surface area contributed by atoms with Crippen molar-refractivity contribution in [2.24, 2.45) is 0 Å². The second-order valence-electron chi connectivity index (χ2n) is 2.12. The first-order valence-corrected chi connectivity index (χ1v) is 4.57. The van der Waals surface area contributed by atoms with E-state index in [4.69, 9.17) is 0 Å². The molecule has 0 bridgehead atoms. The molecule has 0 aliphatic heterocycles. The second kappa shape index (κ2) is 3.05. The molecular weight excluding hydrogens is 260 g/mol. The fourth-order valence-electron chi connectivity index (χ4n) is 0.715. The van der Waals surface area contributed by atoms with Crippen molar-refractivity contribution in [3.63, 3.8) is 0 Å². The number of benzene rings is 1. The van der Waals surface area contributed by atoms with Gasteiger partial charge in [-0.05, 0) is 0 Å². The summed E-state index contributed by atoms with van der Waals surface area (Å²) in [6.45, 7) is 0. The van der Waals surface area contributed by atoms with Gasteiger partial charge in [0.1, 0.15) is 0 Å². The zero-order chi connectivity index (χ0) is 8.48. The Morgan fingerprint density at radius 2 is 1.82 bits per heavy atom. The molecule has 0 aliphatic carbocycles. The number of halogens is 3. The molecule has 0 fully saturated rings. The summed E-state index contributed by atoms with van der Waals surface area (Å²) in [7, 11) is 0. The van der Waals surface area contributed by atoms with E-state index >= 15 is 0 Å². The van der Waals surface area contributed by atoms with Crippen LogP contribution in [0.25, 0.3) is 0 Å². The molecule has 0 amide bonds. The number of rotatable bonds is 0. The van der Waals surface area contributed by atoms with E-state index in [9.17, 15) is 13.2 Å². The molecule has 0 N–H and O–H groups in total. The Hall–Kier alpha value is -0.191. The monoisotopic (exact) mass is 266 g/mol. The molecule has 1 aromatic rings. The fraction of sp³-hybridized carbons (Fsp3) is 0.143. The van der Waals surface area contributed by atoms with E-state index < -0.39 is 11.7 Å². The second-order valence-corrected chi connectivity index (χ2v) is 4.03. The van der Waals surface area contributed by atoms with Crippen molar-refractivity contribution in [1.82, 2.24) is 0 Å². The van der Waals surface area contributed by atoms with Crippen LogP contribution < -0.4 is 3.58 Å². The Labute approximate surface area is 75.5 Å². The standard InChI is InChI=1S/C7H4F3.Sn.H/c8-7(9,10)6-4-2-1-3-5-6;;/h1-2,4-5H;;. The molecule has 0 unspecified atom stereocenters. The molecule has 11 heavy (non-hydrogen) atoms. The van der Waals surface area contributed by atoms with Crippen molar-refractivity contribution in [3.05, 3.63) is 29.8 Å². The third-order valence-electron chi connectivity index (χ3n) is 1.21. The number of alkyl halides is 3. The van der Waals surface area contributed by atoms with E-state index in [1.165, 1.54) is 12.1 Å². The van der Waals surface area contributed by atoms with Crippen molar-refractivity contribution in [2.75, 3.05) is 0 Å². The maximum atomic E-state index is 12.0. The summed E-state index contributed by atoms with van der Waals surface area (Å²) in [5.74, 6) is 0. The van der Waals surface area contributed by atoms with E-state index in [0.29, 0.717) is 0 Å². The molecule has 58 valence electrons. The molecule has 0 aliphatic rings. The van der Waals surface area contributed by atoms with Gasteiger partial charge in [-0.3, -0.25) is 0 Å². The van der Waals surface area contributed by atoms with Gasteiger partial charge in [0.2, 0.25) is 0 Å². The van der Waals surface area contributed by atoms with Gasteiger partial charge >= 0.3 is 75.3 Å². The minimum absolute atomic E-state index is 0.553. The SMILES string of the molecule is FC(F)(F)c1ccc[c]([SnH])c1. The molecule has 0 nitrogen and oxygen atoms in total. The van der Waals surface area contributed by atoms with Gasteiger partial charge in [-0.2, -0.15) is 0 Å². The molecule has 4 heteroatoms. The Bertz CT molecular complexity index is 254. The fourth-order valence-corrected chi connectivity index (χ4v) is 1.54. The van der Waals surface area contributed by atoms with Crippen molar-refractivity contribution in [3.8, 4) is 0 Å². The van der Waals surface area contributed by atoms with Crippen LogP contribution in [0.5, 0.6) is 0 Å². The van der Waals surface area contributed by atoms with Gasteiger partial charge in [-0.25, -0.2) is 0 Å². The van der Waals surface area contributed by atoms with Crippen LogP contribution >= 0.6 is 0 Å². The van der Waals surface area contributed by atoms with Crippen LogP contribution in [0.3, 0.4) is 0 Å². The molecule has 1 aromatic carbocycles. The zero-order valence-electron chi connectivity index (χ0n) is 5.52. The summed E-state index contributed by atoms with van der Waals surface area (Å²) < 4.78 is 36.7. The van der Waals surface area contributed by atoms with Gasteiger partial charge in [-0.1, -0.05) is 0 Å². The van der Waals surface area contributed by atoms with E-state index in [1.54, 1.807) is 6.07 Å². The number of hydrogen-bond donors (Lipinski definition) is 0. The summed E-state index contributed by atoms with van der Waals surface area (Å²) in [5, 5.41) is 0. The van der Waals surface area contributed by atoms with E-state index in [0.717, 1.165) is 32.2 Å². The third-order valence-corrected chi connectivity index (χ3v) is 2.24. The molecule has 0 saturated heterocycles. The third kappa shape index (κ3) is 2.39. The molecule has 0 heterocycles.